The highest BCUT2D eigenvalue weighted by Crippen LogP contribution is 2.29. The first-order valence-electron chi connectivity index (χ1n) is 9.89. The number of aryl methyl sites for hydroxylation is 2. The number of hydrogen-bond donors (Lipinski definition) is 0. The average molecular weight is 359 g/mol. The molecule has 26 heavy (non-hydrogen) atoms. The molecule has 1 aliphatic carbocycles. The number of rotatable bonds is 3. The van der Waals surface area contributed by atoms with Crippen molar-refractivity contribution in [2.45, 2.75) is 45.1 Å². The number of anilines is 1. The van der Waals surface area contributed by atoms with Gasteiger partial charge in [-0.15, -0.1) is 0 Å². The highest BCUT2D eigenvalue weighted by molar-refractivity contribution is 5.97. The molecule has 0 radical (unpaired) electrons. The molecule has 0 spiro atoms. The number of nitrogens with zero attached hydrogens (tertiary/aromatic N) is 5. The molecule has 3 aliphatic rings. The monoisotopic (exact) mass is 359 g/mol. The van der Waals surface area contributed by atoms with E-state index in [-0.39, 0.29) is 17.9 Å². The molecule has 2 amide bonds. The summed E-state index contributed by atoms with van der Waals surface area (Å²) in [6.45, 7) is 5.82. The summed E-state index contributed by atoms with van der Waals surface area (Å²) < 4.78 is 1.80. The quantitative estimate of drug-likeness (QED) is 0.813. The molecular formula is C19H29N5O2. The average Bonchev–Trinajstić information content (AvgIpc) is 2.92. The molecule has 0 aromatic carbocycles. The molecule has 0 N–H and O–H groups in total. The van der Waals surface area contributed by atoms with E-state index in [4.69, 9.17) is 0 Å². The SMILES string of the molecule is Cc1cc(N2CCCC(N3CCN(C(=O)C4CCC4)CC3)C2=O)n(C)n1. The Morgan fingerprint density at radius 3 is 2.38 bits per heavy atom. The highest BCUT2D eigenvalue weighted by atomic mass is 16.2. The Bertz CT molecular complexity index is 688. The number of aromatic nitrogens is 2. The third kappa shape index (κ3) is 3.13. The zero-order valence-corrected chi connectivity index (χ0v) is 15.9. The maximum atomic E-state index is 13.1. The van der Waals surface area contributed by atoms with E-state index in [0.717, 1.165) is 69.9 Å². The number of piperidine rings is 1. The fraction of sp³-hybridized carbons (Fsp3) is 0.737. The summed E-state index contributed by atoms with van der Waals surface area (Å²) in [7, 11) is 1.89. The van der Waals surface area contributed by atoms with E-state index in [0.29, 0.717) is 5.91 Å². The molecule has 1 aromatic heterocycles. The number of carbonyl (C=O) groups is 2. The van der Waals surface area contributed by atoms with Crippen molar-refractivity contribution in [1.29, 1.82) is 0 Å². The first-order valence-corrected chi connectivity index (χ1v) is 9.89. The third-order valence-corrected chi connectivity index (χ3v) is 6.19. The van der Waals surface area contributed by atoms with Crippen LogP contribution in [0.1, 0.15) is 37.8 Å². The first-order chi connectivity index (χ1) is 12.5. The van der Waals surface area contributed by atoms with Crippen LogP contribution in [0.2, 0.25) is 0 Å². The van der Waals surface area contributed by atoms with Gasteiger partial charge < -0.3 is 4.90 Å². The molecule has 0 bridgehead atoms. The van der Waals surface area contributed by atoms with Gasteiger partial charge >= 0.3 is 0 Å². The van der Waals surface area contributed by atoms with Crippen molar-refractivity contribution in [3.63, 3.8) is 0 Å². The van der Waals surface area contributed by atoms with E-state index in [1.165, 1.54) is 6.42 Å². The molecular weight excluding hydrogens is 330 g/mol. The maximum absolute atomic E-state index is 13.1. The molecule has 1 saturated carbocycles. The minimum Gasteiger partial charge on any atom is -0.340 e. The molecule has 1 aromatic rings. The van der Waals surface area contributed by atoms with Crippen LogP contribution < -0.4 is 4.90 Å². The van der Waals surface area contributed by atoms with Gasteiger partial charge in [-0.3, -0.25) is 24.1 Å². The predicted molar refractivity (Wildman–Crippen MR) is 98.8 cm³/mol. The lowest BCUT2D eigenvalue weighted by atomic mass is 9.84. The third-order valence-electron chi connectivity index (χ3n) is 6.19. The fourth-order valence-corrected chi connectivity index (χ4v) is 4.44. The van der Waals surface area contributed by atoms with E-state index >= 15 is 0 Å². The molecule has 142 valence electrons. The van der Waals surface area contributed by atoms with Gasteiger partial charge in [0.15, 0.2) is 0 Å². The van der Waals surface area contributed by atoms with Crippen LogP contribution in [0.4, 0.5) is 5.82 Å². The molecule has 2 saturated heterocycles. The van der Waals surface area contributed by atoms with Crippen molar-refractivity contribution >= 4 is 17.6 Å². The Hall–Kier alpha value is -1.89. The molecule has 7 nitrogen and oxygen atoms in total. The van der Waals surface area contributed by atoms with Crippen LogP contribution in [-0.4, -0.2) is 70.2 Å². The first kappa shape index (κ1) is 17.5. The van der Waals surface area contributed by atoms with Gasteiger partial charge in [0, 0.05) is 51.8 Å². The van der Waals surface area contributed by atoms with Crippen LogP contribution in [0.3, 0.4) is 0 Å². The van der Waals surface area contributed by atoms with Gasteiger partial charge in [-0.2, -0.15) is 5.10 Å². The normalized spacial score (nSPS) is 25.5. The second-order valence-electron chi connectivity index (χ2n) is 7.90. The van der Waals surface area contributed by atoms with E-state index < -0.39 is 0 Å². The zero-order chi connectivity index (χ0) is 18.3. The summed E-state index contributed by atoms with van der Waals surface area (Å²) >= 11 is 0. The molecule has 1 atom stereocenters. The molecule has 3 heterocycles. The van der Waals surface area contributed by atoms with Gasteiger partial charge in [0.1, 0.15) is 5.82 Å². The Balaban J connectivity index is 1.39. The van der Waals surface area contributed by atoms with Gasteiger partial charge in [0.2, 0.25) is 11.8 Å². The molecule has 3 fully saturated rings. The van der Waals surface area contributed by atoms with Crippen molar-refractivity contribution in [3.05, 3.63) is 11.8 Å². The Labute approximate surface area is 154 Å². The minimum atomic E-state index is -0.0695. The van der Waals surface area contributed by atoms with Crippen LogP contribution in [0.15, 0.2) is 6.07 Å². The van der Waals surface area contributed by atoms with Gasteiger partial charge in [0.05, 0.1) is 11.7 Å². The molecule has 7 heteroatoms. The van der Waals surface area contributed by atoms with Crippen molar-refractivity contribution in [3.8, 4) is 0 Å². The highest BCUT2D eigenvalue weighted by Gasteiger charge is 2.38. The minimum absolute atomic E-state index is 0.0695. The van der Waals surface area contributed by atoms with Crippen molar-refractivity contribution in [1.82, 2.24) is 19.6 Å². The summed E-state index contributed by atoms with van der Waals surface area (Å²) in [5.41, 5.74) is 0.931. The van der Waals surface area contributed by atoms with Crippen LogP contribution in [0, 0.1) is 12.8 Å². The smallest absolute Gasteiger partial charge is 0.245 e. The number of hydrogen-bond acceptors (Lipinski definition) is 4. The van der Waals surface area contributed by atoms with Gasteiger partial charge in [-0.05, 0) is 32.6 Å². The topological polar surface area (TPSA) is 61.7 Å². The summed E-state index contributed by atoms with van der Waals surface area (Å²) in [5.74, 6) is 1.66. The van der Waals surface area contributed by atoms with E-state index in [1.807, 2.05) is 29.8 Å². The van der Waals surface area contributed by atoms with Crippen molar-refractivity contribution in [2.24, 2.45) is 13.0 Å². The summed E-state index contributed by atoms with van der Waals surface area (Å²) in [4.78, 5) is 31.7. The van der Waals surface area contributed by atoms with Crippen LogP contribution in [0.25, 0.3) is 0 Å². The fourth-order valence-electron chi connectivity index (χ4n) is 4.44. The van der Waals surface area contributed by atoms with Crippen molar-refractivity contribution in [2.75, 3.05) is 37.6 Å². The van der Waals surface area contributed by atoms with Crippen LogP contribution in [-0.2, 0) is 16.6 Å². The van der Waals surface area contributed by atoms with Crippen LogP contribution >= 0.6 is 0 Å². The number of amides is 2. The lowest BCUT2D eigenvalue weighted by molar-refractivity contribution is -0.140. The second-order valence-corrected chi connectivity index (χ2v) is 7.90. The zero-order valence-electron chi connectivity index (χ0n) is 15.9. The summed E-state index contributed by atoms with van der Waals surface area (Å²) in [6.07, 6.45) is 5.21. The lowest BCUT2D eigenvalue weighted by Crippen LogP contribution is -2.59. The molecule has 4 rings (SSSR count). The summed E-state index contributed by atoms with van der Waals surface area (Å²) in [6, 6.07) is 1.91. The Morgan fingerprint density at radius 2 is 1.81 bits per heavy atom. The van der Waals surface area contributed by atoms with E-state index in [2.05, 4.69) is 10.00 Å². The van der Waals surface area contributed by atoms with Gasteiger partial charge in [-0.25, -0.2) is 0 Å². The number of piperazine rings is 1. The maximum Gasteiger partial charge on any atom is 0.245 e. The van der Waals surface area contributed by atoms with E-state index in [1.54, 1.807) is 4.68 Å². The Morgan fingerprint density at radius 1 is 1.08 bits per heavy atom. The number of carbonyl (C=O) groups excluding carboxylic acids is 2. The molecule has 1 unspecified atom stereocenters. The van der Waals surface area contributed by atoms with Gasteiger partial charge in [0.25, 0.3) is 0 Å². The standard InChI is InChI=1S/C19H29N5O2/c1-14-13-17(21(2)20-14)24-8-4-7-16(19(24)26)22-9-11-23(12-10-22)18(25)15-5-3-6-15/h13,15-16H,3-12H2,1-2H3. The predicted octanol–water partition coefficient (Wildman–Crippen LogP) is 1.17. The lowest BCUT2D eigenvalue weighted by Gasteiger charge is -2.43. The Kier molecular flexibility index (Phi) is 4.73. The van der Waals surface area contributed by atoms with E-state index in [9.17, 15) is 9.59 Å². The van der Waals surface area contributed by atoms with Crippen molar-refractivity contribution < 1.29 is 9.59 Å². The van der Waals surface area contributed by atoms with Crippen LogP contribution in [0.5, 0.6) is 0 Å². The largest absolute Gasteiger partial charge is 0.340 e. The van der Waals surface area contributed by atoms with Gasteiger partial charge in [-0.1, -0.05) is 6.42 Å². The molecule has 2 aliphatic heterocycles. The second kappa shape index (κ2) is 7.02. The summed E-state index contributed by atoms with van der Waals surface area (Å²) in [5, 5.41) is 4.38.